The number of anilines is 1. The highest BCUT2D eigenvalue weighted by Gasteiger charge is 2.36. The molecule has 7 nitrogen and oxygen atoms in total. The summed E-state index contributed by atoms with van der Waals surface area (Å²) >= 11 is 1.52. The van der Waals surface area contributed by atoms with Crippen molar-refractivity contribution in [2.45, 2.75) is 18.9 Å². The van der Waals surface area contributed by atoms with E-state index < -0.39 is 23.8 Å². The Morgan fingerprint density at radius 3 is 2.64 bits per heavy atom. The standard InChI is InChI=1S/C17H22N2O5S/c1-24-13-5-3-12(4-6-13)19-10-11(9-15(19)20)16(21)18-14(17(22)23)7-8-25-2/h3-6,11,14H,7-10H2,1-2H3,(H,18,21)(H,22,23). The molecule has 1 aromatic rings. The van der Waals surface area contributed by atoms with Crippen molar-refractivity contribution in [3.8, 4) is 5.75 Å². The van der Waals surface area contributed by atoms with Crippen molar-refractivity contribution in [3.63, 3.8) is 0 Å². The molecule has 1 saturated heterocycles. The van der Waals surface area contributed by atoms with Gasteiger partial charge in [0.25, 0.3) is 0 Å². The average molecular weight is 366 g/mol. The molecule has 0 saturated carbocycles. The maximum Gasteiger partial charge on any atom is 0.326 e. The van der Waals surface area contributed by atoms with Gasteiger partial charge in [0.05, 0.1) is 13.0 Å². The van der Waals surface area contributed by atoms with Crippen LogP contribution in [0.4, 0.5) is 5.69 Å². The Morgan fingerprint density at radius 2 is 2.08 bits per heavy atom. The molecule has 136 valence electrons. The number of hydrogen-bond donors (Lipinski definition) is 2. The molecule has 1 aliphatic rings. The zero-order chi connectivity index (χ0) is 18.4. The maximum absolute atomic E-state index is 12.4. The van der Waals surface area contributed by atoms with Crippen molar-refractivity contribution < 1.29 is 24.2 Å². The van der Waals surface area contributed by atoms with Gasteiger partial charge in [0, 0.05) is 18.7 Å². The van der Waals surface area contributed by atoms with Gasteiger partial charge in [0.15, 0.2) is 0 Å². The minimum Gasteiger partial charge on any atom is -0.497 e. The second-order valence-corrected chi connectivity index (χ2v) is 6.77. The average Bonchev–Trinajstić information content (AvgIpc) is 3.00. The second kappa shape index (κ2) is 8.75. The Balaban J connectivity index is 2.00. The van der Waals surface area contributed by atoms with E-state index in [0.29, 0.717) is 23.6 Å². The Kier molecular flexibility index (Phi) is 6.69. The van der Waals surface area contributed by atoms with E-state index in [4.69, 9.17) is 4.74 Å². The molecule has 0 bridgehead atoms. The van der Waals surface area contributed by atoms with Crippen LogP contribution in [0.5, 0.6) is 5.75 Å². The summed E-state index contributed by atoms with van der Waals surface area (Å²) in [5.74, 6) is -0.829. The molecular formula is C17H22N2O5S. The molecular weight excluding hydrogens is 344 g/mol. The maximum atomic E-state index is 12.4. The third kappa shape index (κ3) is 4.88. The summed E-state index contributed by atoms with van der Waals surface area (Å²) in [6, 6.07) is 6.09. The van der Waals surface area contributed by atoms with E-state index in [2.05, 4.69) is 5.32 Å². The van der Waals surface area contributed by atoms with Crippen LogP contribution in [-0.4, -0.2) is 54.6 Å². The van der Waals surface area contributed by atoms with E-state index in [1.165, 1.54) is 11.8 Å². The number of ether oxygens (including phenoxy) is 1. The number of hydrogen-bond acceptors (Lipinski definition) is 5. The molecule has 1 fully saturated rings. The van der Waals surface area contributed by atoms with Crippen LogP contribution in [0.25, 0.3) is 0 Å². The first-order valence-electron chi connectivity index (χ1n) is 7.92. The lowest BCUT2D eigenvalue weighted by Gasteiger charge is -2.18. The number of nitrogens with one attached hydrogen (secondary N) is 1. The molecule has 2 N–H and O–H groups in total. The SMILES string of the molecule is COc1ccc(N2CC(C(=O)NC(CCSC)C(=O)O)CC2=O)cc1. The van der Waals surface area contributed by atoms with E-state index in [9.17, 15) is 19.5 Å². The zero-order valence-corrected chi connectivity index (χ0v) is 15.0. The van der Waals surface area contributed by atoms with Crippen LogP contribution >= 0.6 is 11.8 Å². The van der Waals surface area contributed by atoms with Crippen molar-refractivity contribution in [2.24, 2.45) is 5.92 Å². The lowest BCUT2D eigenvalue weighted by atomic mass is 10.1. The summed E-state index contributed by atoms with van der Waals surface area (Å²) in [4.78, 5) is 37.4. The van der Waals surface area contributed by atoms with Gasteiger partial charge in [-0.3, -0.25) is 9.59 Å². The fourth-order valence-corrected chi connectivity index (χ4v) is 3.15. The predicted octanol–water partition coefficient (Wildman–Crippen LogP) is 1.37. The lowest BCUT2D eigenvalue weighted by molar-refractivity contribution is -0.142. The first-order chi connectivity index (χ1) is 12.0. The number of thioether (sulfide) groups is 1. The molecule has 2 atom stereocenters. The molecule has 2 unspecified atom stereocenters. The highest BCUT2D eigenvalue weighted by atomic mass is 32.2. The lowest BCUT2D eigenvalue weighted by Crippen LogP contribution is -2.44. The number of carboxylic acids is 1. The highest BCUT2D eigenvalue weighted by Crippen LogP contribution is 2.27. The summed E-state index contributed by atoms with van der Waals surface area (Å²) in [6.45, 7) is 0.242. The van der Waals surface area contributed by atoms with Crippen molar-refractivity contribution >= 4 is 35.2 Å². The topological polar surface area (TPSA) is 95.9 Å². The number of methoxy groups -OCH3 is 1. The van der Waals surface area contributed by atoms with E-state index in [1.807, 2.05) is 6.26 Å². The number of carbonyl (C=O) groups excluding carboxylic acids is 2. The van der Waals surface area contributed by atoms with Gasteiger partial charge in [0.1, 0.15) is 11.8 Å². The molecule has 2 amide bonds. The summed E-state index contributed by atoms with van der Waals surface area (Å²) in [5.41, 5.74) is 0.693. The van der Waals surface area contributed by atoms with Crippen LogP contribution in [-0.2, 0) is 14.4 Å². The van der Waals surface area contributed by atoms with Gasteiger partial charge in [-0.1, -0.05) is 0 Å². The number of amides is 2. The van der Waals surface area contributed by atoms with Crippen molar-refractivity contribution in [2.75, 3.05) is 30.6 Å². The van der Waals surface area contributed by atoms with Crippen molar-refractivity contribution in [3.05, 3.63) is 24.3 Å². The fourth-order valence-electron chi connectivity index (χ4n) is 2.68. The van der Waals surface area contributed by atoms with Crippen molar-refractivity contribution in [1.82, 2.24) is 5.32 Å². The Labute approximate surface area is 150 Å². The monoisotopic (exact) mass is 366 g/mol. The van der Waals surface area contributed by atoms with E-state index in [1.54, 1.807) is 36.3 Å². The number of nitrogens with zero attached hydrogens (tertiary/aromatic N) is 1. The van der Waals surface area contributed by atoms with Crippen LogP contribution < -0.4 is 15.0 Å². The summed E-state index contributed by atoms with van der Waals surface area (Å²) in [5, 5.41) is 11.8. The Hall–Kier alpha value is -2.22. The molecule has 0 radical (unpaired) electrons. The van der Waals surface area contributed by atoms with Gasteiger partial charge in [-0.05, 0) is 42.7 Å². The number of carbonyl (C=O) groups is 3. The number of carboxylic acid groups (broad SMARTS) is 1. The third-order valence-corrected chi connectivity index (χ3v) is 4.75. The number of aliphatic carboxylic acids is 1. The van der Waals surface area contributed by atoms with E-state index in [0.717, 1.165) is 0 Å². The van der Waals surface area contributed by atoms with Crippen LogP contribution in [0, 0.1) is 5.92 Å². The minimum atomic E-state index is -1.06. The molecule has 1 aliphatic heterocycles. The summed E-state index contributed by atoms with van der Waals surface area (Å²) < 4.78 is 5.09. The summed E-state index contributed by atoms with van der Waals surface area (Å²) in [6.07, 6.45) is 2.31. The van der Waals surface area contributed by atoms with Gasteiger partial charge in [-0.15, -0.1) is 0 Å². The van der Waals surface area contributed by atoms with Gasteiger partial charge in [-0.2, -0.15) is 11.8 Å². The Morgan fingerprint density at radius 1 is 1.40 bits per heavy atom. The highest BCUT2D eigenvalue weighted by molar-refractivity contribution is 7.98. The molecule has 0 spiro atoms. The van der Waals surface area contributed by atoms with Crippen LogP contribution in [0.15, 0.2) is 24.3 Å². The molecule has 0 aromatic heterocycles. The third-order valence-electron chi connectivity index (χ3n) is 4.11. The predicted molar refractivity (Wildman–Crippen MR) is 96.0 cm³/mol. The molecule has 2 rings (SSSR count). The molecule has 0 aliphatic carbocycles. The normalized spacial score (nSPS) is 18.1. The van der Waals surface area contributed by atoms with Gasteiger partial charge in [0.2, 0.25) is 11.8 Å². The van der Waals surface area contributed by atoms with Crippen LogP contribution in [0.2, 0.25) is 0 Å². The summed E-state index contributed by atoms with van der Waals surface area (Å²) in [7, 11) is 1.56. The van der Waals surface area contributed by atoms with Crippen LogP contribution in [0.3, 0.4) is 0 Å². The van der Waals surface area contributed by atoms with Gasteiger partial charge >= 0.3 is 5.97 Å². The molecule has 8 heteroatoms. The number of benzene rings is 1. The quantitative estimate of drug-likeness (QED) is 0.721. The Bertz CT molecular complexity index is 634. The largest absolute Gasteiger partial charge is 0.497 e. The number of rotatable bonds is 8. The van der Waals surface area contributed by atoms with Crippen LogP contribution in [0.1, 0.15) is 12.8 Å². The van der Waals surface area contributed by atoms with E-state index >= 15 is 0 Å². The first kappa shape index (κ1) is 19.1. The molecule has 25 heavy (non-hydrogen) atoms. The van der Waals surface area contributed by atoms with E-state index in [-0.39, 0.29) is 18.9 Å². The second-order valence-electron chi connectivity index (χ2n) is 5.78. The van der Waals surface area contributed by atoms with Gasteiger partial charge < -0.3 is 20.1 Å². The first-order valence-corrected chi connectivity index (χ1v) is 9.32. The molecule has 1 heterocycles. The van der Waals surface area contributed by atoms with Crippen molar-refractivity contribution in [1.29, 1.82) is 0 Å². The zero-order valence-electron chi connectivity index (χ0n) is 14.2. The minimum absolute atomic E-state index is 0.0761. The smallest absolute Gasteiger partial charge is 0.326 e. The van der Waals surface area contributed by atoms with Gasteiger partial charge in [-0.25, -0.2) is 4.79 Å². The molecule has 1 aromatic carbocycles. The fraction of sp³-hybridized carbons (Fsp3) is 0.471.